The number of sulfonamides is 1. The first-order valence-corrected chi connectivity index (χ1v) is 12.2. The van der Waals surface area contributed by atoms with E-state index >= 15 is 0 Å². The third-order valence-corrected chi connectivity index (χ3v) is 8.04. The van der Waals surface area contributed by atoms with Crippen LogP contribution in [-0.4, -0.2) is 52.0 Å². The van der Waals surface area contributed by atoms with Crippen molar-refractivity contribution in [3.8, 4) is 0 Å². The van der Waals surface area contributed by atoms with Gasteiger partial charge in [0.2, 0.25) is 15.9 Å². The molecule has 0 unspecified atom stereocenters. The molecule has 9 nitrogen and oxygen atoms in total. The molecule has 2 aromatic rings. The summed E-state index contributed by atoms with van der Waals surface area (Å²) in [5.41, 5.74) is 2.27. The Labute approximate surface area is 183 Å². The molecule has 1 saturated heterocycles. The molecule has 1 atom stereocenters. The summed E-state index contributed by atoms with van der Waals surface area (Å²) in [6, 6.07) is -0.452. The van der Waals surface area contributed by atoms with Gasteiger partial charge in [-0.2, -0.15) is 9.40 Å². The van der Waals surface area contributed by atoms with E-state index in [1.807, 2.05) is 6.92 Å². The Kier molecular flexibility index (Phi) is 5.63. The van der Waals surface area contributed by atoms with E-state index in [-0.39, 0.29) is 10.8 Å². The summed E-state index contributed by atoms with van der Waals surface area (Å²) in [7, 11) is -2.04. The Bertz CT molecular complexity index is 1120. The molecule has 2 aliphatic rings. The Morgan fingerprint density at radius 1 is 1.16 bits per heavy atom. The van der Waals surface area contributed by atoms with Crippen LogP contribution in [-0.2, 0) is 27.8 Å². The van der Waals surface area contributed by atoms with E-state index in [0.29, 0.717) is 55.6 Å². The molecule has 0 spiro atoms. The maximum atomic E-state index is 13.6. The average Bonchev–Trinajstić information content (AvgIpc) is 3.32. The minimum atomic E-state index is -3.75. The largest absolute Gasteiger partial charge is 0.300 e. The van der Waals surface area contributed by atoms with Crippen molar-refractivity contribution in [2.24, 2.45) is 5.92 Å². The maximum Gasteiger partial charge on any atom is 0.247 e. The third kappa shape index (κ3) is 3.87. The number of carbonyl (C=O) groups excluding carboxylic acids is 1. The highest BCUT2D eigenvalue weighted by atomic mass is 32.2. The Morgan fingerprint density at radius 2 is 1.90 bits per heavy atom. The molecule has 0 radical (unpaired) electrons. The van der Waals surface area contributed by atoms with Gasteiger partial charge in [0, 0.05) is 44.0 Å². The van der Waals surface area contributed by atoms with Crippen LogP contribution in [0.15, 0.2) is 11.1 Å². The number of nitrogens with zero attached hydrogens (tertiary/aromatic N) is 6. The van der Waals surface area contributed by atoms with Crippen molar-refractivity contribution in [2.75, 3.05) is 18.5 Å². The van der Waals surface area contributed by atoms with Crippen LogP contribution in [0.3, 0.4) is 0 Å². The normalized spacial score (nSPS) is 20.0. The molecule has 0 saturated carbocycles. The summed E-state index contributed by atoms with van der Waals surface area (Å²) in [5.74, 6) is 1.44. The Hall–Kier alpha value is -2.33. The molecule has 10 heteroatoms. The first-order valence-electron chi connectivity index (χ1n) is 10.8. The van der Waals surface area contributed by atoms with E-state index < -0.39 is 16.1 Å². The number of aromatic nitrogens is 4. The molecule has 0 aliphatic carbocycles. The van der Waals surface area contributed by atoms with Crippen molar-refractivity contribution < 1.29 is 13.2 Å². The molecule has 4 rings (SSSR count). The van der Waals surface area contributed by atoms with Gasteiger partial charge in [0.1, 0.15) is 16.5 Å². The predicted octanol–water partition coefficient (Wildman–Crippen LogP) is 2.38. The van der Waals surface area contributed by atoms with E-state index in [2.05, 4.69) is 28.9 Å². The number of carbonyl (C=O) groups is 1. The summed E-state index contributed by atoms with van der Waals surface area (Å²) < 4.78 is 30.4. The number of amides is 1. The third-order valence-electron chi connectivity index (χ3n) is 6.03. The van der Waals surface area contributed by atoms with E-state index in [1.165, 1.54) is 4.31 Å². The first-order chi connectivity index (χ1) is 14.6. The highest BCUT2D eigenvalue weighted by Crippen LogP contribution is 2.37. The van der Waals surface area contributed by atoms with Gasteiger partial charge in [-0.05, 0) is 39.0 Å². The maximum absolute atomic E-state index is 13.6. The van der Waals surface area contributed by atoms with Crippen molar-refractivity contribution in [1.29, 1.82) is 0 Å². The molecule has 0 aromatic carbocycles. The van der Waals surface area contributed by atoms with Crippen molar-refractivity contribution in [2.45, 2.75) is 70.9 Å². The van der Waals surface area contributed by atoms with E-state index in [9.17, 15) is 13.2 Å². The zero-order valence-corrected chi connectivity index (χ0v) is 19.6. The summed E-state index contributed by atoms with van der Waals surface area (Å²) in [4.78, 5) is 23.3. The van der Waals surface area contributed by atoms with Crippen LogP contribution >= 0.6 is 0 Å². The number of fused-ring (bicyclic) bond motifs is 1. The fourth-order valence-electron chi connectivity index (χ4n) is 4.47. The van der Waals surface area contributed by atoms with Gasteiger partial charge in [0.15, 0.2) is 0 Å². The van der Waals surface area contributed by atoms with Crippen molar-refractivity contribution in [3.05, 3.63) is 29.0 Å². The van der Waals surface area contributed by atoms with Crippen molar-refractivity contribution in [1.82, 2.24) is 24.1 Å². The lowest BCUT2D eigenvalue weighted by Gasteiger charge is -2.28. The monoisotopic (exact) mass is 446 g/mol. The fraction of sp³-hybridized carbons (Fsp3) is 0.619. The van der Waals surface area contributed by atoms with Gasteiger partial charge in [0.25, 0.3) is 0 Å². The number of rotatable bonds is 5. The highest BCUT2D eigenvalue weighted by molar-refractivity contribution is 7.89. The fourth-order valence-corrected chi connectivity index (χ4v) is 6.30. The molecule has 0 bridgehead atoms. The second kappa shape index (κ2) is 7.98. The zero-order chi connectivity index (χ0) is 22.5. The van der Waals surface area contributed by atoms with Crippen LogP contribution in [0.1, 0.15) is 61.9 Å². The lowest BCUT2D eigenvalue weighted by molar-refractivity contribution is -0.118. The molecule has 31 heavy (non-hydrogen) atoms. The quantitative estimate of drug-likeness (QED) is 0.699. The molecule has 4 heterocycles. The Balaban J connectivity index is 1.71. The lowest BCUT2D eigenvalue weighted by Crippen LogP contribution is -2.35. The molecule has 2 aliphatic heterocycles. The van der Waals surface area contributed by atoms with Gasteiger partial charge >= 0.3 is 0 Å². The molecule has 168 valence electrons. The van der Waals surface area contributed by atoms with Crippen LogP contribution in [0.5, 0.6) is 0 Å². The lowest BCUT2D eigenvalue weighted by atomic mass is 10.0. The topological polar surface area (TPSA) is 101 Å². The van der Waals surface area contributed by atoms with Crippen LogP contribution in [0.2, 0.25) is 0 Å². The summed E-state index contributed by atoms with van der Waals surface area (Å²) in [5, 5.41) is 4.41. The second-order valence-corrected chi connectivity index (χ2v) is 10.7. The van der Waals surface area contributed by atoms with Crippen molar-refractivity contribution in [3.63, 3.8) is 0 Å². The van der Waals surface area contributed by atoms with Crippen LogP contribution in [0.4, 0.5) is 5.82 Å². The smallest absolute Gasteiger partial charge is 0.247 e. The van der Waals surface area contributed by atoms with E-state index in [0.717, 1.165) is 17.7 Å². The first kappa shape index (κ1) is 21.9. The van der Waals surface area contributed by atoms with Gasteiger partial charge in [0.05, 0.1) is 11.7 Å². The standard InChI is InChI=1S/C21H30N6O3S/c1-13(2)11-26-12-18(15(4)24-26)31(29,30)27-10-6-7-17(27)20-22-14(3)16-8-9-19(28)25(5)21(16)23-20/h12-13,17H,6-11H2,1-5H3/t17-/m0/s1. The van der Waals surface area contributed by atoms with Crippen LogP contribution < -0.4 is 4.90 Å². The van der Waals surface area contributed by atoms with Gasteiger partial charge in [-0.1, -0.05) is 13.8 Å². The van der Waals surface area contributed by atoms with Crippen molar-refractivity contribution >= 4 is 21.7 Å². The minimum Gasteiger partial charge on any atom is -0.300 e. The number of hydrogen-bond acceptors (Lipinski definition) is 6. The highest BCUT2D eigenvalue weighted by Gasteiger charge is 2.40. The molecular formula is C21H30N6O3S. The predicted molar refractivity (Wildman–Crippen MR) is 116 cm³/mol. The summed E-state index contributed by atoms with van der Waals surface area (Å²) >= 11 is 0. The summed E-state index contributed by atoms with van der Waals surface area (Å²) in [6.07, 6.45) is 4.07. The summed E-state index contributed by atoms with van der Waals surface area (Å²) in [6.45, 7) is 8.85. The molecule has 0 N–H and O–H groups in total. The van der Waals surface area contributed by atoms with Gasteiger partial charge < -0.3 is 0 Å². The molecular weight excluding hydrogens is 416 g/mol. The van der Waals surface area contributed by atoms with E-state index in [1.54, 1.807) is 29.7 Å². The Morgan fingerprint density at radius 3 is 2.61 bits per heavy atom. The number of hydrogen-bond donors (Lipinski definition) is 0. The van der Waals surface area contributed by atoms with Gasteiger partial charge in [-0.25, -0.2) is 18.4 Å². The van der Waals surface area contributed by atoms with Gasteiger partial charge in [-0.15, -0.1) is 0 Å². The van der Waals surface area contributed by atoms with E-state index in [4.69, 9.17) is 0 Å². The SMILES string of the molecule is Cc1nn(CC(C)C)cc1S(=O)(=O)N1CCC[C@H]1c1nc(C)c2c(n1)N(C)C(=O)CC2. The zero-order valence-electron chi connectivity index (χ0n) is 18.8. The van der Waals surface area contributed by atoms with Crippen LogP contribution in [0, 0.1) is 19.8 Å². The van der Waals surface area contributed by atoms with Crippen LogP contribution in [0.25, 0.3) is 0 Å². The number of aryl methyl sites for hydroxylation is 2. The second-order valence-electron chi connectivity index (χ2n) is 8.89. The molecule has 1 fully saturated rings. The number of anilines is 1. The average molecular weight is 447 g/mol. The van der Waals surface area contributed by atoms with Gasteiger partial charge in [-0.3, -0.25) is 14.4 Å². The molecule has 1 amide bonds. The minimum absolute atomic E-state index is 0.0145. The molecule has 2 aromatic heterocycles.